The summed E-state index contributed by atoms with van der Waals surface area (Å²) >= 11 is 0. The SMILES string of the molecule is c1cc(CCN2CCC(n3ccnc3)CC2)ccn1. The van der Waals surface area contributed by atoms with Crippen molar-refractivity contribution in [2.24, 2.45) is 0 Å². The van der Waals surface area contributed by atoms with Gasteiger partial charge < -0.3 is 9.47 Å². The lowest BCUT2D eigenvalue weighted by atomic mass is 10.0. The number of hydrogen-bond donors (Lipinski definition) is 0. The van der Waals surface area contributed by atoms with Crippen molar-refractivity contribution in [1.29, 1.82) is 0 Å². The van der Waals surface area contributed by atoms with E-state index >= 15 is 0 Å². The van der Waals surface area contributed by atoms with Gasteiger partial charge in [-0.25, -0.2) is 4.98 Å². The van der Waals surface area contributed by atoms with Crippen LogP contribution in [0.1, 0.15) is 24.4 Å². The molecule has 0 atom stereocenters. The minimum atomic E-state index is 0.639. The van der Waals surface area contributed by atoms with Gasteiger partial charge >= 0.3 is 0 Å². The van der Waals surface area contributed by atoms with Crippen molar-refractivity contribution in [3.8, 4) is 0 Å². The van der Waals surface area contributed by atoms with Crippen molar-refractivity contribution in [2.75, 3.05) is 19.6 Å². The molecule has 1 saturated heterocycles. The topological polar surface area (TPSA) is 34.0 Å². The van der Waals surface area contributed by atoms with Crippen molar-refractivity contribution >= 4 is 0 Å². The van der Waals surface area contributed by atoms with Crippen molar-refractivity contribution < 1.29 is 0 Å². The van der Waals surface area contributed by atoms with Gasteiger partial charge in [0.1, 0.15) is 0 Å². The molecule has 3 rings (SSSR count). The fourth-order valence-electron chi connectivity index (χ4n) is 2.76. The molecule has 2 aromatic heterocycles. The molecule has 0 radical (unpaired) electrons. The molecule has 2 aromatic rings. The monoisotopic (exact) mass is 256 g/mol. The molecule has 1 aliphatic rings. The largest absolute Gasteiger partial charge is 0.334 e. The predicted molar refractivity (Wildman–Crippen MR) is 74.9 cm³/mol. The molecule has 0 saturated carbocycles. The van der Waals surface area contributed by atoms with E-state index in [-0.39, 0.29) is 0 Å². The summed E-state index contributed by atoms with van der Waals surface area (Å²) < 4.78 is 2.25. The van der Waals surface area contributed by atoms with Crippen LogP contribution >= 0.6 is 0 Å². The van der Waals surface area contributed by atoms with Gasteiger partial charge in [0, 0.05) is 50.5 Å². The summed E-state index contributed by atoms with van der Waals surface area (Å²) in [5.74, 6) is 0. The third kappa shape index (κ3) is 3.20. The molecule has 0 N–H and O–H groups in total. The Morgan fingerprint density at radius 1 is 1.05 bits per heavy atom. The first-order valence-electron chi connectivity index (χ1n) is 7.00. The molecule has 3 heterocycles. The molecule has 4 nitrogen and oxygen atoms in total. The van der Waals surface area contributed by atoms with Crippen molar-refractivity contribution in [3.63, 3.8) is 0 Å². The Bertz CT molecular complexity index is 472. The van der Waals surface area contributed by atoms with E-state index in [1.165, 1.54) is 31.5 Å². The summed E-state index contributed by atoms with van der Waals surface area (Å²) in [6, 6.07) is 4.86. The molecule has 0 bridgehead atoms. The molecule has 0 amide bonds. The minimum Gasteiger partial charge on any atom is -0.334 e. The van der Waals surface area contributed by atoms with Gasteiger partial charge in [-0.1, -0.05) is 0 Å². The van der Waals surface area contributed by atoms with E-state index < -0.39 is 0 Å². The third-order valence-electron chi connectivity index (χ3n) is 3.97. The molecule has 0 aliphatic carbocycles. The highest BCUT2D eigenvalue weighted by molar-refractivity contribution is 5.09. The molecule has 1 fully saturated rings. The Balaban J connectivity index is 1.46. The number of nitrogens with zero attached hydrogens (tertiary/aromatic N) is 4. The number of likely N-dealkylation sites (tertiary alicyclic amines) is 1. The van der Waals surface area contributed by atoms with Gasteiger partial charge in [-0.3, -0.25) is 4.98 Å². The van der Waals surface area contributed by atoms with Crippen molar-refractivity contribution in [3.05, 3.63) is 48.8 Å². The Hall–Kier alpha value is -1.68. The number of imidazole rings is 1. The van der Waals surface area contributed by atoms with Gasteiger partial charge in [-0.15, -0.1) is 0 Å². The van der Waals surface area contributed by atoms with E-state index in [0.717, 1.165) is 13.0 Å². The lowest BCUT2D eigenvalue weighted by molar-refractivity contribution is 0.188. The Morgan fingerprint density at radius 2 is 1.84 bits per heavy atom. The second-order valence-corrected chi connectivity index (χ2v) is 5.19. The molecule has 0 spiro atoms. The smallest absolute Gasteiger partial charge is 0.0948 e. The highest BCUT2D eigenvalue weighted by Gasteiger charge is 2.19. The zero-order valence-electron chi connectivity index (χ0n) is 11.2. The highest BCUT2D eigenvalue weighted by Crippen LogP contribution is 2.21. The van der Waals surface area contributed by atoms with Gasteiger partial charge in [0.25, 0.3) is 0 Å². The summed E-state index contributed by atoms with van der Waals surface area (Å²) in [4.78, 5) is 10.8. The molecule has 4 heteroatoms. The van der Waals surface area contributed by atoms with Crippen LogP contribution in [-0.2, 0) is 6.42 Å². The second-order valence-electron chi connectivity index (χ2n) is 5.19. The highest BCUT2D eigenvalue weighted by atomic mass is 15.2. The molecular weight excluding hydrogens is 236 g/mol. The predicted octanol–water partition coefficient (Wildman–Crippen LogP) is 2.16. The van der Waals surface area contributed by atoms with E-state index in [9.17, 15) is 0 Å². The average Bonchev–Trinajstić information content (AvgIpc) is 3.01. The minimum absolute atomic E-state index is 0.639. The molecule has 0 aromatic carbocycles. The summed E-state index contributed by atoms with van der Waals surface area (Å²) in [6.07, 6.45) is 13.2. The summed E-state index contributed by atoms with van der Waals surface area (Å²) in [7, 11) is 0. The van der Waals surface area contributed by atoms with Crippen LogP contribution < -0.4 is 0 Å². The molecule has 1 aliphatic heterocycles. The standard InChI is InChI=1S/C15H20N4/c1-6-16-7-2-14(1)3-9-18-10-4-15(5-11-18)19-12-8-17-13-19/h1-2,6-8,12-13,15H,3-5,9-11H2. The van der Waals surface area contributed by atoms with E-state index in [0.29, 0.717) is 6.04 Å². The average molecular weight is 256 g/mol. The second kappa shape index (κ2) is 5.97. The summed E-state index contributed by atoms with van der Waals surface area (Å²) in [5.41, 5.74) is 1.38. The fraction of sp³-hybridized carbons (Fsp3) is 0.467. The van der Waals surface area contributed by atoms with Crippen molar-refractivity contribution in [1.82, 2.24) is 19.4 Å². The van der Waals surface area contributed by atoms with E-state index in [1.54, 1.807) is 0 Å². The first-order valence-corrected chi connectivity index (χ1v) is 7.00. The van der Waals surface area contributed by atoms with Crippen LogP contribution in [0.3, 0.4) is 0 Å². The van der Waals surface area contributed by atoms with Crippen molar-refractivity contribution in [2.45, 2.75) is 25.3 Å². The van der Waals surface area contributed by atoms with Gasteiger partial charge in [-0.2, -0.15) is 0 Å². The Morgan fingerprint density at radius 3 is 2.53 bits per heavy atom. The van der Waals surface area contributed by atoms with E-state index in [2.05, 4.69) is 37.8 Å². The summed E-state index contributed by atoms with van der Waals surface area (Å²) in [5, 5.41) is 0. The lowest BCUT2D eigenvalue weighted by Crippen LogP contribution is -2.35. The normalized spacial score (nSPS) is 17.7. The van der Waals surface area contributed by atoms with Gasteiger partial charge in [0.2, 0.25) is 0 Å². The lowest BCUT2D eigenvalue weighted by Gasteiger charge is -2.32. The van der Waals surface area contributed by atoms with E-state index in [1.807, 2.05) is 24.9 Å². The quantitative estimate of drug-likeness (QED) is 0.840. The molecular formula is C15H20N4. The third-order valence-corrected chi connectivity index (χ3v) is 3.97. The number of aromatic nitrogens is 3. The van der Waals surface area contributed by atoms with E-state index in [4.69, 9.17) is 0 Å². The van der Waals surface area contributed by atoms with Gasteiger partial charge in [0.05, 0.1) is 6.33 Å². The molecule has 0 unspecified atom stereocenters. The van der Waals surface area contributed by atoms with Crippen LogP contribution in [0.15, 0.2) is 43.2 Å². The maximum absolute atomic E-state index is 4.14. The maximum Gasteiger partial charge on any atom is 0.0948 e. The van der Waals surface area contributed by atoms with Crippen LogP contribution in [0.25, 0.3) is 0 Å². The summed E-state index contributed by atoms with van der Waals surface area (Å²) in [6.45, 7) is 3.53. The first kappa shape index (κ1) is 12.4. The van der Waals surface area contributed by atoms with Crippen LogP contribution in [-0.4, -0.2) is 39.1 Å². The Labute approximate surface area is 114 Å². The first-order chi connectivity index (χ1) is 9.42. The zero-order valence-corrected chi connectivity index (χ0v) is 11.2. The van der Waals surface area contributed by atoms with Crippen LogP contribution in [0.2, 0.25) is 0 Å². The Kier molecular flexibility index (Phi) is 3.89. The number of rotatable bonds is 4. The fourth-order valence-corrected chi connectivity index (χ4v) is 2.76. The van der Waals surface area contributed by atoms with Gasteiger partial charge in [-0.05, 0) is 37.0 Å². The number of hydrogen-bond acceptors (Lipinski definition) is 3. The molecule has 100 valence electrons. The van der Waals surface area contributed by atoms with Crippen LogP contribution in [0, 0.1) is 0 Å². The maximum atomic E-state index is 4.14. The zero-order chi connectivity index (χ0) is 12.9. The van der Waals surface area contributed by atoms with Crippen LogP contribution in [0.4, 0.5) is 0 Å². The molecule has 19 heavy (non-hydrogen) atoms. The number of pyridine rings is 1. The number of piperidine rings is 1. The van der Waals surface area contributed by atoms with Gasteiger partial charge in [0.15, 0.2) is 0 Å². The van der Waals surface area contributed by atoms with Crippen LogP contribution in [0.5, 0.6) is 0 Å².